The number of rotatable bonds is 5. The van der Waals surface area contributed by atoms with Gasteiger partial charge in [-0.15, -0.1) is 0 Å². The minimum atomic E-state index is 0.412. The standard InChI is InChI=1S/C18H20N2S/c19-10-3-6-16-4-1-2-5-17(16)13-20(18-7-8-18)12-15-9-11-21-14-15/h1-2,4-5,9,11,14,18H,7-8,10,12-13,19H2. The fourth-order valence-corrected chi connectivity index (χ4v) is 3.18. The monoisotopic (exact) mass is 296 g/mol. The highest BCUT2D eigenvalue weighted by molar-refractivity contribution is 7.07. The average molecular weight is 296 g/mol. The van der Waals surface area contributed by atoms with Gasteiger partial charge in [0.1, 0.15) is 0 Å². The van der Waals surface area contributed by atoms with Gasteiger partial charge in [0.2, 0.25) is 0 Å². The van der Waals surface area contributed by atoms with Crippen molar-refractivity contribution in [1.29, 1.82) is 0 Å². The molecule has 1 fully saturated rings. The molecule has 0 radical (unpaired) electrons. The fourth-order valence-electron chi connectivity index (χ4n) is 2.52. The third-order valence-electron chi connectivity index (χ3n) is 3.74. The van der Waals surface area contributed by atoms with Crippen LogP contribution in [0, 0.1) is 11.8 Å². The molecule has 0 aliphatic heterocycles. The second-order valence-electron chi connectivity index (χ2n) is 5.43. The Hall–Kier alpha value is -1.60. The van der Waals surface area contributed by atoms with E-state index in [2.05, 4.69) is 51.8 Å². The number of hydrogen-bond donors (Lipinski definition) is 1. The molecule has 0 bridgehead atoms. The van der Waals surface area contributed by atoms with E-state index < -0.39 is 0 Å². The zero-order valence-corrected chi connectivity index (χ0v) is 12.9. The molecule has 1 aromatic heterocycles. The smallest absolute Gasteiger partial charge is 0.0555 e. The van der Waals surface area contributed by atoms with Crippen molar-refractivity contribution in [3.8, 4) is 11.8 Å². The third kappa shape index (κ3) is 3.95. The molecule has 3 heteroatoms. The molecule has 21 heavy (non-hydrogen) atoms. The van der Waals surface area contributed by atoms with E-state index in [4.69, 9.17) is 5.73 Å². The summed E-state index contributed by atoms with van der Waals surface area (Å²) in [5.74, 6) is 6.17. The molecule has 0 unspecified atom stereocenters. The van der Waals surface area contributed by atoms with Gasteiger partial charge in [-0.25, -0.2) is 0 Å². The molecule has 1 aromatic carbocycles. The Kier molecular flexibility index (Phi) is 4.72. The van der Waals surface area contributed by atoms with Crippen molar-refractivity contribution in [1.82, 2.24) is 4.90 Å². The normalized spacial score (nSPS) is 14.0. The van der Waals surface area contributed by atoms with Crippen LogP contribution < -0.4 is 5.73 Å². The predicted molar refractivity (Wildman–Crippen MR) is 89.0 cm³/mol. The van der Waals surface area contributed by atoms with Gasteiger partial charge in [-0.1, -0.05) is 30.0 Å². The number of nitrogens with zero attached hydrogens (tertiary/aromatic N) is 1. The Balaban J connectivity index is 1.76. The van der Waals surface area contributed by atoms with Crippen molar-refractivity contribution in [2.45, 2.75) is 32.0 Å². The lowest BCUT2D eigenvalue weighted by Gasteiger charge is -2.22. The summed E-state index contributed by atoms with van der Waals surface area (Å²) in [6.07, 6.45) is 2.64. The molecule has 108 valence electrons. The van der Waals surface area contributed by atoms with E-state index in [1.165, 1.54) is 24.0 Å². The van der Waals surface area contributed by atoms with Gasteiger partial charge < -0.3 is 5.73 Å². The molecule has 0 amide bonds. The van der Waals surface area contributed by atoms with Gasteiger partial charge in [-0.3, -0.25) is 4.90 Å². The Morgan fingerprint density at radius 2 is 2.05 bits per heavy atom. The van der Waals surface area contributed by atoms with E-state index in [-0.39, 0.29) is 0 Å². The Morgan fingerprint density at radius 3 is 2.76 bits per heavy atom. The molecule has 2 aromatic rings. The molecular formula is C18H20N2S. The summed E-state index contributed by atoms with van der Waals surface area (Å²) in [6, 6.07) is 11.4. The summed E-state index contributed by atoms with van der Waals surface area (Å²) in [6.45, 7) is 2.42. The lowest BCUT2D eigenvalue weighted by molar-refractivity contribution is 0.246. The number of nitrogens with two attached hydrogens (primary N) is 1. The molecule has 3 rings (SSSR count). The number of benzene rings is 1. The van der Waals surface area contributed by atoms with E-state index in [0.29, 0.717) is 6.54 Å². The Morgan fingerprint density at radius 1 is 1.19 bits per heavy atom. The quantitative estimate of drug-likeness (QED) is 0.858. The van der Waals surface area contributed by atoms with E-state index in [0.717, 1.165) is 24.7 Å². The van der Waals surface area contributed by atoms with E-state index >= 15 is 0 Å². The average Bonchev–Trinajstić information content (AvgIpc) is 3.23. The summed E-state index contributed by atoms with van der Waals surface area (Å²) in [5.41, 5.74) is 9.32. The van der Waals surface area contributed by atoms with Crippen LogP contribution in [0.15, 0.2) is 41.1 Å². The predicted octanol–water partition coefficient (Wildman–Crippen LogP) is 3.22. The molecule has 1 aliphatic carbocycles. The third-order valence-corrected chi connectivity index (χ3v) is 4.48. The fraction of sp³-hybridized carbons (Fsp3) is 0.333. The summed E-state index contributed by atoms with van der Waals surface area (Å²) < 4.78 is 0. The number of hydrogen-bond acceptors (Lipinski definition) is 3. The molecule has 0 spiro atoms. The largest absolute Gasteiger partial charge is 0.320 e. The zero-order valence-electron chi connectivity index (χ0n) is 12.1. The lowest BCUT2D eigenvalue weighted by Crippen LogP contribution is -2.25. The molecule has 1 saturated carbocycles. The van der Waals surface area contributed by atoms with Gasteiger partial charge in [0.15, 0.2) is 0 Å². The maximum absolute atomic E-state index is 5.49. The minimum Gasteiger partial charge on any atom is -0.320 e. The van der Waals surface area contributed by atoms with Crippen molar-refractivity contribution < 1.29 is 0 Å². The van der Waals surface area contributed by atoms with Gasteiger partial charge in [0.25, 0.3) is 0 Å². The van der Waals surface area contributed by atoms with Crippen LogP contribution in [-0.2, 0) is 13.1 Å². The summed E-state index contributed by atoms with van der Waals surface area (Å²) in [7, 11) is 0. The minimum absolute atomic E-state index is 0.412. The molecule has 2 nitrogen and oxygen atoms in total. The summed E-state index contributed by atoms with van der Waals surface area (Å²) in [4.78, 5) is 2.57. The van der Waals surface area contributed by atoms with Crippen LogP contribution in [0.5, 0.6) is 0 Å². The maximum Gasteiger partial charge on any atom is 0.0555 e. The Bertz CT molecular complexity index is 633. The molecule has 1 aliphatic rings. The molecular weight excluding hydrogens is 276 g/mol. The van der Waals surface area contributed by atoms with Crippen LogP contribution in [0.3, 0.4) is 0 Å². The first kappa shape index (κ1) is 14.3. The highest BCUT2D eigenvalue weighted by Crippen LogP contribution is 2.30. The number of thiophene rings is 1. The van der Waals surface area contributed by atoms with E-state index in [1.807, 2.05) is 6.07 Å². The lowest BCUT2D eigenvalue weighted by atomic mass is 10.1. The van der Waals surface area contributed by atoms with Crippen LogP contribution in [0.4, 0.5) is 0 Å². The van der Waals surface area contributed by atoms with Crippen molar-refractivity contribution in [2.75, 3.05) is 6.54 Å². The molecule has 2 N–H and O–H groups in total. The van der Waals surface area contributed by atoms with Gasteiger partial charge in [-0.05, 0) is 46.9 Å². The second kappa shape index (κ2) is 6.91. The molecule has 1 heterocycles. The molecule has 0 saturated heterocycles. The van der Waals surface area contributed by atoms with Crippen LogP contribution in [-0.4, -0.2) is 17.5 Å². The van der Waals surface area contributed by atoms with Crippen molar-refractivity contribution >= 4 is 11.3 Å². The first-order chi connectivity index (χ1) is 10.4. The topological polar surface area (TPSA) is 29.3 Å². The van der Waals surface area contributed by atoms with Crippen molar-refractivity contribution in [2.24, 2.45) is 5.73 Å². The van der Waals surface area contributed by atoms with Crippen LogP contribution in [0.1, 0.15) is 29.5 Å². The molecule has 0 atom stereocenters. The van der Waals surface area contributed by atoms with Gasteiger partial charge in [0.05, 0.1) is 6.54 Å². The van der Waals surface area contributed by atoms with E-state index in [9.17, 15) is 0 Å². The van der Waals surface area contributed by atoms with Gasteiger partial charge in [-0.2, -0.15) is 11.3 Å². The van der Waals surface area contributed by atoms with Crippen molar-refractivity contribution in [3.05, 3.63) is 57.8 Å². The highest BCUT2D eigenvalue weighted by Gasteiger charge is 2.29. The first-order valence-corrected chi connectivity index (χ1v) is 8.33. The Labute approximate surface area is 130 Å². The maximum atomic E-state index is 5.49. The summed E-state index contributed by atoms with van der Waals surface area (Å²) >= 11 is 1.77. The van der Waals surface area contributed by atoms with Crippen LogP contribution in [0.25, 0.3) is 0 Å². The van der Waals surface area contributed by atoms with Crippen molar-refractivity contribution in [3.63, 3.8) is 0 Å². The summed E-state index contributed by atoms with van der Waals surface area (Å²) in [5, 5.41) is 4.40. The van der Waals surface area contributed by atoms with E-state index in [1.54, 1.807) is 11.3 Å². The second-order valence-corrected chi connectivity index (χ2v) is 6.21. The van der Waals surface area contributed by atoms with Crippen LogP contribution in [0.2, 0.25) is 0 Å². The zero-order chi connectivity index (χ0) is 14.5. The van der Waals surface area contributed by atoms with Gasteiger partial charge >= 0.3 is 0 Å². The SMILES string of the molecule is NCC#Cc1ccccc1CN(Cc1ccsc1)C1CC1. The van der Waals surface area contributed by atoms with Crippen LogP contribution >= 0.6 is 11.3 Å². The van der Waals surface area contributed by atoms with Gasteiger partial charge in [0, 0.05) is 24.7 Å². The first-order valence-electron chi connectivity index (χ1n) is 7.39. The highest BCUT2D eigenvalue weighted by atomic mass is 32.1.